The van der Waals surface area contributed by atoms with E-state index >= 15 is 0 Å². The lowest BCUT2D eigenvalue weighted by Gasteiger charge is -2.17. The van der Waals surface area contributed by atoms with Crippen LogP contribution in [0.2, 0.25) is 5.02 Å². The first-order chi connectivity index (χ1) is 9.10. The highest BCUT2D eigenvalue weighted by Gasteiger charge is 2.26. The maximum atomic E-state index is 13.9. The molecule has 0 aliphatic rings. The SMILES string of the molecule is CCc1nnsc1C(NN)c1c(Cl)ccc(F)c1F. The fourth-order valence-electron chi connectivity index (χ4n) is 1.78. The monoisotopic (exact) mass is 304 g/mol. The lowest BCUT2D eigenvalue weighted by Crippen LogP contribution is -2.30. The van der Waals surface area contributed by atoms with E-state index in [9.17, 15) is 8.78 Å². The molecule has 0 radical (unpaired) electrons. The molecule has 19 heavy (non-hydrogen) atoms. The smallest absolute Gasteiger partial charge is 0.165 e. The Balaban J connectivity index is 2.58. The zero-order valence-electron chi connectivity index (χ0n) is 9.95. The van der Waals surface area contributed by atoms with Crippen LogP contribution in [0, 0.1) is 11.6 Å². The third kappa shape index (κ3) is 2.59. The number of hydrazine groups is 1. The highest BCUT2D eigenvalue weighted by molar-refractivity contribution is 7.05. The lowest BCUT2D eigenvalue weighted by molar-refractivity contribution is 0.484. The number of halogens is 3. The number of aryl methyl sites for hydroxylation is 1. The van der Waals surface area contributed by atoms with E-state index in [1.54, 1.807) is 0 Å². The van der Waals surface area contributed by atoms with E-state index in [0.29, 0.717) is 17.0 Å². The van der Waals surface area contributed by atoms with E-state index in [1.807, 2.05) is 6.92 Å². The summed E-state index contributed by atoms with van der Waals surface area (Å²) >= 11 is 7.02. The van der Waals surface area contributed by atoms with Gasteiger partial charge in [0.2, 0.25) is 0 Å². The molecule has 0 saturated heterocycles. The minimum atomic E-state index is -1.02. The Morgan fingerprint density at radius 2 is 2.21 bits per heavy atom. The molecule has 0 aliphatic heterocycles. The van der Waals surface area contributed by atoms with Crippen molar-refractivity contribution in [1.82, 2.24) is 15.0 Å². The van der Waals surface area contributed by atoms with Crippen LogP contribution in [0.3, 0.4) is 0 Å². The summed E-state index contributed by atoms with van der Waals surface area (Å²) < 4.78 is 31.1. The van der Waals surface area contributed by atoms with E-state index in [-0.39, 0.29) is 10.6 Å². The first-order valence-corrected chi connectivity index (χ1v) is 6.65. The number of aromatic nitrogens is 2. The molecule has 2 rings (SSSR count). The summed E-state index contributed by atoms with van der Waals surface area (Å²) in [6.45, 7) is 1.89. The van der Waals surface area contributed by atoms with Crippen LogP contribution >= 0.6 is 23.1 Å². The molecule has 3 N–H and O–H groups in total. The largest absolute Gasteiger partial charge is 0.271 e. The molecule has 0 aliphatic carbocycles. The van der Waals surface area contributed by atoms with Crippen LogP contribution in [-0.2, 0) is 6.42 Å². The zero-order chi connectivity index (χ0) is 14.0. The van der Waals surface area contributed by atoms with Gasteiger partial charge in [0.05, 0.1) is 16.6 Å². The Bertz CT molecular complexity index is 590. The number of hydrogen-bond donors (Lipinski definition) is 2. The second-order valence-electron chi connectivity index (χ2n) is 3.79. The van der Waals surface area contributed by atoms with Gasteiger partial charge < -0.3 is 0 Å². The van der Waals surface area contributed by atoms with Crippen molar-refractivity contribution in [3.63, 3.8) is 0 Å². The molecular weight excluding hydrogens is 294 g/mol. The van der Waals surface area contributed by atoms with Crippen molar-refractivity contribution < 1.29 is 8.78 Å². The summed E-state index contributed by atoms with van der Waals surface area (Å²) in [5, 5.41) is 4.02. The van der Waals surface area contributed by atoms with Crippen molar-refractivity contribution >= 4 is 23.1 Å². The Kier molecular flexibility index (Phi) is 4.41. The molecule has 1 aromatic heterocycles. The van der Waals surface area contributed by atoms with Gasteiger partial charge in [-0.1, -0.05) is 23.0 Å². The van der Waals surface area contributed by atoms with Crippen molar-refractivity contribution in [3.8, 4) is 0 Å². The van der Waals surface area contributed by atoms with Crippen LogP contribution in [0.1, 0.15) is 29.1 Å². The van der Waals surface area contributed by atoms with Crippen LogP contribution in [0.5, 0.6) is 0 Å². The van der Waals surface area contributed by atoms with Crippen molar-refractivity contribution in [2.45, 2.75) is 19.4 Å². The third-order valence-corrected chi connectivity index (χ3v) is 3.88. The van der Waals surface area contributed by atoms with Gasteiger partial charge in [0.15, 0.2) is 11.6 Å². The summed E-state index contributed by atoms with van der Waals surface area (Å²) in [4.78, 5) is 0.622. The third-order valence-electron chi connectivity index (χ3n) is 2.72. The topological polar surface area (TPSA) is 63.8 Å². The first-order valence-electron chi connectivity index (χ1n) is 5.50. The number of nitrogens with one attached hydrogen (secondary N) is 1. The Hall–Kier alpha value is -1.15. The maximum absolute atomic E-state index is 13.9. The molecule has 0 bridgehead atoms. The standard InChI is InChI=1S/C11H11ClF2N4S/c1-2-7-11(19-18-17-7)10(16-15)8-5(12)3-4-6(13)9(8)14/h3-4,10,16H,2,15H2,1H3. The van der Waals surface area contributed by atoms with Crippen molar-refractivity contribution in [1.29, 1.82) is 0 Å². The molecule has 8 heteroatoms. The van der Waals surface area contributed by atoms with Crippen LogP contribution < -0.4 is 11.3 Å². The van der Waals surface area contributed by atoms with Crippen molar-refractivity contribution in [2.75, 3.05) is 0 Å². The highest BCUT2D eigenvalue weighted by atomic mass is 35.5. The Labute approximate surface area is 117 Å². The van der Waals surface area contributed by atoms with Gasteiger partial charge in [0, 0.05) is 10.6 Å². The van der Waals surface area contributed by atoms with Gasteiger partial charge in [0.1, 0.15) is 0 Å². The second kappa shape index (κ2) is 5.87. The van der Waals surface area contributed by atoms with Gasteiger partial charge >= 0.3 is 0 Å². The van der Waals surface area contributed by atoms with Crippen molar-refractivity contribution in [2.24, 2.45) is 5.84 Å². The van der Waals surface area contributed by atoms with E-state index in [1.165, 1.54) is 6.07 Å². The molecule has 0 amide bonds. The summed E-state index contributed by atoms with van der Waals surface area (Å²) in [5.41, 5.74) is 3.08. The average Bonchev–Trinajstić information content (AvgIpc) is 2.87. The number of hydrogen-bond acceptors (Lipinski definition) is 5. The molecule has 0 saturated carbocycles. The van der Waals surface area contributed by atoms with E-state index in [2.05, 4.69) is 15.0 Å². The fraction of sp³-hybridized carbons (Fsp3) is 0.273. The average molecular weight is 305 g/mol. The van der Waals surface area contributed by atoms with Crippen LogP contribution in [0.4, 0.5) is 8.78 Å². The summed E-state index contributed by atoms with van der Waals surface area (Å²) in [6.07, 6.45) is 0.610. The molecule has 102 valence electrons. The second-order valence-corrected chi connectivity index (χ2v) is 4.99. The van der Waals surface area contributed by atoms with E-state index in [0.717, 1.165) is 17.6 Å². The molecule has 2 aromatic rings. The quantitative estimate of drug-likeness (QED) is 0.518. The first kappa shape index (κ1) is 14.3. The number of rotatable bonds is 4. The van der Waals surface area contributed by atoms with Gasteiger partial charge in [0.25, 0.3) is 0 Å². The molecule has 0 fully saturated rings. The minimum Gasteiger partial charge on any atom is -0.271 e. The molecule has 4 nitrogen and oxygen atoms in total. The predicted molar refractivity (Wildman–Crippen MR) is 69.8 cm³/mol. The molecule has 1 atom stereocenters. The summed E-state index contributed by atoms with van der Waals surface area (Å²) in [7, 11) is 0. The molecule has 1 heterocycles. The number of nitrogens with two attached hydrogens (primary N) is 1. The molecule has 1 aromatic carbocycles. The van der Waals surface area contributed by atoms with Gasteiger partial charge in [-0.15, -0.1) is 5.10 Å². The van der Waals surface area contributed by atoms with Gasteiger partial charge in [-0.25, -0.2) is 14.2 Å². The van der Waals surface area contributed by atoms with Crippen LogP contribution in [-0.4, -0.2) is 9.59 Å². The maximum Gasteiger partial charge on any atom is 0.165 e. The minimum absolute atomic E-state index is 0.0371. The fourth-order valence-corrected chi connectivity index (χ4v) is 2.84. The van der Waals surface area contributed by atoms with Crippen molar-refractivity contribution in [3.05, 3.63) is 44.9 Å². The Morgan fingerprint density at radius 3 is 2.84 bits per heavy atom. The zero-order valence-corrected chi connectivity index (χ0v) is 11.5. The lowest BCUT2D eigenvalue weighted by atomic mass is 10.0. The van der Waals surface area contributed by atoms with Gasteiger partial charge in [-0.3, -0.25) is 5.84 Å². The van der Waals surface area contributed by atoms with E-state index < -0.39 is 17.7 Å². The predicted octanol–water partition coefficient (Wildman–Crippen LogP) is 2.58. The van der Waals surface area contributed by atoms with Gasteiger partial charge in [-0.05, 0) is 30.1 Å². The number of nitrogens with zero attached hydrogens (tertiary/aromatic N) is 2. The molecule has 0 spiro atoms. The molecular formula is C11H11ClF2N4S. The normalized spacial score (nSPS) is 12.7. The van der Waals surface area contributed by atoms with E-state index in [4.69, 9.17) is 17.4 Å². The summed E-state index contributed by atoms with van der Waals surface area (Å²) in [5.74, 6) is 3.46. The van der Waals surface area contributed by atoms with Crippen LogP contribution in [0.25, 0.3) is 0 Å². The highest BCUT2D eigenvalue weighted by Crippen LogP contribution is 2.34. The number of benzene rings is 1. The summed E-state index contributed by atoms with van der Waals surface area (Å²) in [6, 6.07) is 1.48. The van der Waals surface area contributed by atoms with Gasteiger partial charge in [-0.2, -0.15) is 0 Å². The molecule has 1 unspecified atom stereocenters. The Morgan fingerprint density at radius 1 is 1.47 bits per heavy atom. The van der Waals surface area contributed by atoms with Crippen LogP contribution in [0.15, 0.2) is 12.1 Å².